The Morgan fingerprint density at radius 2 is 2.00 bits per heavy atom. The van der Waals surface area contributed by atoms with Crippen LogP contribution in [0.5, 0.6) is 0 Å². The fourth-order valence-electron chi connectivity index (χ4n) is 4.98. The van der Waals surface area contributed by atoms with Crippen molar-refractivity contribution in [3.05, 3.63) is 11.7 Å². The highest BCUT2D eigenvalue weighted by atomic mass is 16.5. The second-order valence-corrected chi connectivity index (χ2v) is 7.91. The molecule has 0 amide bonds. The van der Waals surface area contributed by atoms with E-state index in [-0.39, 0.29) is 5.41 Å². The van der Waals surface area contributed by atoms with Gasteiger partial charge in [0.25, 0.3) is 0 Å². The Hall–Kier alpha value is -0.900. The van der Waals surface area contributed by atoms with E-state index in [1.54, 1.807) is 0 Å². The third kappa shape index (κ3) is 2.23. The van der Waals surface area contributed by atoms with Crippen molar-refractivity contribution in [3.8, 4) is 0 Å². The Bertz CT molecular complexity index is 504. The van der Waals surface area contributed by atoms with Crippen molar-refractivity contribution in [1.29, 1.82) is 0 Å². The third-order valence-corrected chi connectivity index (χ3v) is 6.59. The summed E-state index contributed by atoms with van der Waals surface area (Å²) in [5.41, 5.74) is 6.06. The van der Waals surface area contributed by atoms with Gasteiger partial charge in [0.2, 0.25) is 5.89 Å². The summed E-state index contributed by atoms with van der Waals surface area (Å²) in [6.45, 7) is 2.97. The van der Waals surface area contributed by atoms with Crippen LogP contribution in [0.3, 0.4) is 0 Å². The van der Waals surface area contributed by atoms with E-state index in [9.17, 15) is 0 Å². The molecule has 21 heavy (non-hydrogen) atoms. The number of fused-ring (bicyclic) bond motifs is 2. The summed E-state index contributed by atoms with van der Waals surface area (Å²) in [6.07, 6.45) is 10.1. The van der Waals surface area contributed by atoms with E-state index < -0.39 is 0 Å². The fourth-order valence-corrected chi connectivity index (χ4v) is 4.98. The van der Waals surface area contributed by atoms with Gasteiger partial charge in [0.1, 0.15) is 0 Å². The van der Waals surface area contributed by atoms with E-state index in [4.69, 9.17) is 15.2 Å². The molecular weight excluding hydrogens is 262 g/mol. The molecule has 1 aromatic rings. The van der Waals surface area contributed by atoms with Crippen molar-refractivity contribution < 1.29 is 4.52 Å². The molecule has 3 atom stereocenters. The Labute approximate surface area is 126 Å². The molecule has 0 saturated heterocycles. The van der Waals surface area contributed by atoms with Gasteiger partial charge in [-0.05, 0) is 62.7 Å². The summed E-state index contributed by atoms with van der Waals surface area (Å²) in [4.78, 5) is 4.84. The zero-order valence-corrected chi connectivity index (χ0v) is 13.1. The summed E-state index contributed by atoms with van der Waals surface area (Å²) in [5.74, 6) is 4.89. The molecule has 4 heteroatoms. The van der Waals surface area contributed by atoms with Crippen LogP contribution in [-0.4, -0.2) is 16.7 Å². The Balaban J connectivity index is 1.56. The number of hydrogen-bond acceptors (Lipinski definition) is 4. The van der Waals surface area contributed by atoms with Crippen LogP contribution in [0.1, 0.15) is 75.9 Å². The summed E-state index contributed by atoms with van der Waals surface area (Å²) in [7, 11) is 0. The minimum atomic E-state index is -0.0463. The summed E-state index contributed by atoms with van der Waals surface area (Å²) >= 11 is 0. The zero-order chi connectivity index (χ0) is 14.4. The molecule has 0 radical (unpaired) electrons. The van der Waals surface area contributed by atoms with E-state index in [0.29, 0.717) is 12.5 Å². The number of nitrogens with zero attached hydrogens (tertiary/aromatic N) is 2. The maximum atomic E-state index is 6.11. The van der Waals surface area contributed by atoms with Gasteiger partial charge in [-0.25, -0.2) is 0 Å². The van der Waals surface area contributed by atoms with Crippen LogP contribution in [0.2, 0.25) is 0 Å². The highest BCUT2D eigenvalue weighted by molar-refractivity contribution is 5.12. The molecule has 4 rings (SSSR count). The van der Waals surface area contributed by atoms with Gasteiger partial charge in [-0.3, -0.25) is 0 Å². The molecule has 3 saturated carbocycles. The minimum Gasteiger partial charge on any atom is -0.339 e. The van der Waals surface area contributed by atoms with Crippen LogP contribution in [0.15, 0.2) is 4.52 Å². The van der Waals surface area contributed by atoms with Crippen molar-refractivity contribution in [1.82, 2.24) is 10.1 Å². The fraction of sp³-hybridized carbons (Fsp3) is 0.882. The summed E-state index contributed by atoms with van der Waals surface area (Å²) in [5, 5.41) is 4.36. The first-order chi connectivity index (χ1) is 10.2. The Kier molecular flexibility index (Phi) is 3.32. The summed E-state index contributed by atoms with van der Waals surface area (Å²) in [6, 6.07) is 0. The number of rotatable bonds is 3. The quantitative estimate of drug-likeness (QED) is 0.926. The lowest BCUT2D eigenvalue weighted by Crippen LogP contribution is -2.39. The van der Waals surface area contributed by atoms with E-state index in [2.05, 4.69) is 12.1 Å². The van der Waals surface area contributed by atoms with Crippen molar-refractivity contribution in [3.63, 3.8) is 0 Å². The highest BCUT2D eigenvalue weighted by Gasteiger charge is 2.44. The molecule has 0 spiro atoms. The molecule has 3 aliphatic rings. The maximum absolute atomic E-state index is 6.11. The van der Waals surface area contributed by atoms with E-state index in [0.717, 1.165) is 42.3 Å². The monoisotopic (exact) mass is 289 g/mol. The van der Waals surface area contributed by atoms with Crippen LogP contribution < -0.4 is 5.73 Å². The standard InChI is InChI=1S/C17H27N3O/c1-11-4-6-17(10-18,7-5-11)16-19-15(20-21-16)14-9-12-2-3-13(14)8-12/h11-14H,2-10,18H2,1H3. The average molecular weight is 289 g/mol. The largest absolute Gasteiger partial charge is 0.339 e. The predicted molar refractivity (Wildman–Crippen MR) is 80.9 cm³/mol. The van der Waals surface area contributed by atoms with E-state index in [1.807, 2.05) is 0 Å². The van der Waals surface area contributed by atoms with Crippen LogP contribution in [0.4, 0.5) is 0 Å². The lowest BCUT2D eigenvalue weighted by atomic mass is 9.70. The smallest absolute Gasteiger partial charge is 0.234 e. The molecule has 116 valence electrons. The van der Waals surface area contributed by atoms with Crippen molar-refractivity contribution in [2.45, 2.75) is 69.6 Å². The molecule has 0 aromatic carbocycles. The van der Waals surface area contributed by atoms with Gasteiger partial charge in [-0.1, -0.05) is 18.5 Å². The average Bonchev–Trinajstić information content (AvgIpc) is 3.24. The van der Waals surface area contributed by atoms with Crippen LogP contribution in [0.25, 0.3) is 0 Å². The molecule has 2 bridgehead atoms. The third-order valence-electron chi connectivity index (χ3n) is 6.59. The van der Waals surface area contributed by atoms with Crippen LogP contribution in [0, 0.1) is 17.8 Å². The second kappa shape index (κ2) is 5.08. The number of hydrogen-bond donors (Lipinski definition) is 1. The molecule has 3 aliphatic carbocycles. The Morgan fingerprint density at radius 1 is 1.19 bits per heavy atom. The second-order valence-electron chi connectivity index (χ2n) is 7.91. The molecule has 4 nitrogen and oxygen atoms in total. The molecule has 3 unspecified atom stereocenters. The molecule has 1 aromatic heterocycles. The lowest BCUT2D eigenvalue weighted by Gasteiger charge is -2.35. The van der Waals surface area contributed by atoms with Gasteiger partial charge >= 0.3 is 0 Å². The number of nitrogens with two attached hydrogens (primary N) is 1. The van der Waals surface area contributed by atoms with Gasteiger partial charge in [-0.15, -0.1) is 0 Å². The van der Waals surface area contributed by atoms with Gasteiger partial charge in [-0.2, -0.15) is 4.98 Å². The minimum absolute atomic E-state index is 0.0463. The predicted octanol–water partition coefficient (Wildman–Crippen LogP) is 3.38. The van der Waals surface area contributed by atoms with Gasteiger partial charge < -0.3 is 10.3 Å². The van der Waals surface area contributed by atoms with Gasteiger partial charge in [0, 0.05) is 12.5 Å². The SMILES string of the molecule is CC1CCC(CN)(c2nc(C3CC4CCC3C4)no2)CC1. The molecular formula is C17H27N3O. The zero-order valence-electron chi connectivity index (χ0n) is 13.1. The first-order valence-corrected chi connectivity index (χ1v) is 8.74. The van der Waals surface area contributed by atoms with E-state index >= 15 is 0 Å². The lowest BCUT2D eigenvalue weighted by molar-refractivity contribution is 0.191. The molecule has 0 aliphatic heterocycles. The van der Waals surface area contributed by atoms with Gasteiger partial charge in [0.05, 0.1) is 5.41 Å². The van der Waals surface area contributed by atoms with Crippen molar-refractivity contribution in [2.24, 2.45) is 23.5 Å². The molecule has 2 N–H and O–H groups in total. The van der Waals surface area contributed by atoms with Crippen LogP contribution in [-0.2, 0) is 5.41 Å². The van der Waals surface area contributed by atoms with Crippen molar-refractivity contribution >= 4 is 0 Å². The maximum Gasteiger partial charge on any atom is 0.234 e. The topological polar surface area (TPSA) is 64.9 Å². The normalized spacial score (nSPS) is 42.6. The first kappa shape index (κ1) is 13.7. The van der Waals surface area contributed by atoms with Crippen molar-refractivity contribution in [2.75, 3.05) is 6.54 Å². The highest BCUT2D eigenvalue weighted by Crippen LogP contribution is 2.52. The number of aromatic nitrogens is 2. The summed E-state index contributed by atoms with van der Waals surface area (Å²) < 4.78 is 5.71. The molecule has 1 heterocycles. The first-order valence-electron chi connectivity index (χ1n) is 8.74. The molecule has 3 fully saturated rings. The van der Waals surface area contributed by atoms with Crippen LogP contribution >= 0.6 is 0 Å². The van der Waals surface area contributed by atoms with E-state index in [1.165, 1.54) is 38.5 Å². The van der Waals surface area contributed by atoms with Gasteiger partial charge in [0.15, 0.2) is 5.82 Å². The Morgan fingerprint density at radius 3 is 2.62 bits per heavy atom.